The molecule has 2 atom stereocenters. The zero-order valence-electron chi connectivity index (χ0n) is 45.8. The Morgan fingerprint density at radius 1 is 0.408 bits per heavy atom. The van der Waals surface area contributed by atoms with Crippen molar-refractivity contribution in [1.29, 1.82) is 0 Å². The first-order chi connectivity index (χ1) is 36.6. The second-order valence-corrected chi connectivity index (χ2v) is 25.3. The standard InChI is InChI=1S/C72H68BN3/c1-47-42-59-66-62(43-47)75(55-37-33-51(34-38-55)69(5,6)7)64-46-56(76-60-39-30-49(48-22-13-10-14-23-48)44-58(60)70(8)40-19-20-41-71(70,76)9)45-63-67(64)73(66)65-57(72(59,52-24-15-11-16-25-52)53-26-17-12-18-27-53)28-21-29-61(65)74(63)54-35-31-50(32-36-54)68(2,3)4/h10-18,21-39,42-46H,19-20,40-41H2,1-9H3. The van der Waals surface area contributed by atoms with Crippen LogP contribution in [0, 0.1) is 6.92 Å². The fourth-order valence-electron chi connectivity index (χ4n) is 15.1. The molecule has 0 spiro atoms. The van der Waals surface area contributed by atoms with Crippen molar-refractivity contribution >= 4 is 68.6 Å². The lowest BCUT2D eigenvalue weighted by atomic mass is 9.28. The van der Waals surface area contributed by atoms with Crippen LogP contribution < -0.4 is 31.1 Å². The third-order valence-electron chi connectivity index (χ3n) is 19.0. The third-order valence-corrected chi connectivity index (χ3v) is 19.0. The van der Waals surface area contributed by atoms with Crippen molar-refractivity contribution in [1.82, 2.24) is 0 Å². The van der Waals surface area contributed by atoms with Crippen LogP contribution in [0.4, 0.5) is 45.5 Å². The summed E-state index contributed by atoms with van der Waals surface area (Å²) in [6, 6.07) is 77.8. The predicted molar refractivity (Wildman–Crippen MR) is 323 cm³/mol. The summed E-state index contributed by atoms with van der Waals surface area (Å²) < 4.78 is 0. The van der Waals surface area contributed by atoms with Crippen molar-refractivity contribution in [2.24, 2.45) is 0 Å². The SMILES string of the molecule is Cc1cc2c3c(c1)C(c1ccccc1)(c1ccccc1)c1cccc4c1B3c1c(cc(N3c5ccc(-c6ccccc6)cc5C5(C)CCCCC35C)cc1N2c1ccc(C(C)(C)C)cc1)N4c1ccc(C(C)(C)C)cc1. The highest BCUT2D eigenvalue weighted by molar-refractivity contribution is 7.01. The molecule has 3 nitrogen and oxygen atoms in total. The lowest BCUT2D eigenvalue weighted by molar-refractivity contribution is 0.195. The number of rotatable bonds is 6. The quantitative estimate of drug-likeness (QED) is 0.154. The summed E-state index contributed by atoms with van der Waals surface area (Å²) >= 11 is 0. The highest BCUT2D eigenvalue weighted by atomic mass is 15.3. The highest BCUT2D eigenvalue weighted by Gasteiger charge is 2.59. The molecule has 0 bridgehead atoms. The van der Waals surface area contributed by atoms with E-state index < -0.39 is 5.41 Å². The van der Waals surface area contributed by atoms with Crippen LogP contribution in [0.5, 0.6) is 0 Å². The van der Waals surface area contributed by atoms with E-state index in [0.29, 0.717) is 0 Å². The van der Waals surface area contributed by atoms with Crippen molar-refractivity contribution in [2.45, 2.75) is 115 Å². The minimum atomic E-state index is -0.614. The van der Waals surface area contributed by atoms with Crippen molar-refractivity contribution in [2.75, 3.05) is 14.7 Å². The van der Waals surface area contributed by atoms with Crippen LogP contribution in [0.2, 0.25) is 0 Å². The minimum Gasteiger partial charge on any atom is -0.334 e. The van der Waals surface area contributed by atoms with Crippen molar-refractivity contribution in [3.8, 4) is 11.1 Å². The van der Waals surface area contributed by atoms with E-state index in [1.54, 1.807) is 0 Å². The van der Waals surface area contributed by atoms with Crippen molar-refractivity contribution < 1.29 is 0 Å². The molecule has 2 unspecified atom stereocenters. The summed E-state index contributed by atoms with van der Waals surface area (Å²) in [5.41, 5.74) is 26.5. The third kappa shape index (κ3) is 6.49. The van der Waals surface area contributed by atoms with E-state index in [1.807, 2.05) is 0 Å². The molecule has 1 fully saturated rings. The van der Waals surface area contributed by atoms with Crippen molar-refractivity contribution in [3.05, 3.63) is 245 Å². The van der Waals surface area contributed by atoms with Gasteiger partial charge in [-0.3, -0.25) is 0 Å². The van der Waals surface area contributed by atoms with E-state index in [-0.39, 0.29) is 28.5 Å². The van der Waals surface area contributed by atoms with E-state index >= 15 is 0 Å². The van der Waals surface area contributed by atoms with E-state index in [4.69, 9.17) is 0 Å². The molecular weight excluding hydrogens is 918 g/mol. The smallest absolute Gasteiger partial charge is 0.253 e. The Bertz CT molecular complexity index is 3730. The number of fused-ring (bicyclic) bond motifs is 3. The van der Waals surface area contributed by atoms with Gasteiger partial charge in [0.05, 0.1) is 11.0 Å². The van der Waals surface area contributed by atoms with Gasteiger partial charge in [-0.1, -0.05) is 201 Å². The minimum absolute atomic E-state index is 0.00678. The second-order valence-electron chi connectivity index (χ2n) is 25.3. The van der Waals surface area contributed by atoms with E-state index in [2.05, 4.69) is 277 Å². The fourth-order valence-corrected chi connectivity index (χ4v) is 15.1. The van der Waals surface area contributed by atoms with Crippen molar-refractivity contribution in [3.63, 3.8) is 0 Å². The predicted octanol–water partition coefficient (Wildman–Crippen LogP) is 16.8. The zero-order chi connectivity index (χ0) is 52.1. The summed E-state index contributed by atoms with van der Waals surface area (Å²) in [5, 5.41) is 0. The highest BCUT2D eigenvalue weighted by Crippen LogP contribution is 2.63. The molecule has 0 N–H and O–H groups in total. The van der Waals surface area contributed by atoms with Gasteiger partial charge in [0.1, 0.15) is 0 Å². The lowest BCUT2D eigenvalue weighted by Gasteiger charge is -2.53. The summed E-state index contributed by atoms with van der Waals surface area (Å²) in [5.74, 6) is 0. The Kier molecular flexibility index (Phi) is 10.2. The largest absolute Gasteiger partial charge is 0.334 e. The lowest BCUT2D eigenvalue weighted by Crippen LogP contribution is -2.68. The van der Waals surface area contributed by atoms with Gasteiger partial charge in [-0.15, -0.1) is 0 Å². The van der Waals surface area contributed by atoms with Gasteiger partial charge >= 0.3 is 0 Å². The number of hydrogen-bond donors (Lipinski definition) is 0. The molecule has 76 heavy (non-hydrogen) atoms. The van der Waals surface area contributed by atoms with Gasteiger partial charge in [-0.2, -0.15) is 0 Å². The first kappa shape index (κ1) is 46.9. The average Bonchev–Trinajstić information content (AvgIpc) is 3.33. The first-order valence-electron chi connectivity index (χ1n) is 28.0. The molecule has 0 aromatic heterocycles. The maximum atomic E-state index is 2.81. The van der Waals surface area contributed by atoms with Gasteiger partial charge in [-0.05, 0) is 170 Å². The molecule has 9 aromatic rings. The molecule has 374 valence electrons. The molecule has 5 aliphatic rings. The Balaban J connectivity index is 1.12. The molecule has 4 heteroatoms. The number of anilines is 8. The first-order valence-corrected chi connectivity index (χ1v) is 28.0. The average molecular weight is 986 g/mol. The molecule has 0 saturated heterocycles. The molecule has 1 saturated carbocycles. The molecule has 14 rings (SSSR count). The zero-order valence-corrected chi connectivity index (χ0v) is 45.8. The Hall–Kier alpha value is -7.56. The fraction of sp³-hybridized carbons (Fsp3) is 0.250. The van der Waals surface area contributed by atoms with E-state index in [0.717, 1.165) is 12.8 Å². The number of aryl methyl sites for hydroxylation is 1. The number of benzene rings is 9. The summed E-state index contributed by atoms with van der Waals surface area (Å²) in [6.45, 7) is 21.4. The van der Waals surface area contributed by atoms with Gasteiger partial charge in [0.25, 0.3) is 6.71 Å². The normalized spacial score (nSPS) is 19.5. The Morgan fingerprint density at radius 2 is 0.934 bits per heavy atom. The topological polar surface area (TPSA) is 9.72 Å². The van der Waals surface area contributed by atoms with E-state index in [1.165, 1.54) is 130 Å². The van der Waals surface area contributed by atoms with Crippen LogP contribution in [-0.2, 0) is 21.7 Å². The molecule has 0 radical (unpaired) electrons. The Morgan fingerprint density at radius 3 is 1.51 bits per heavy atom. The maximum absolute atomic E-state index is 2.81. The van der Waals surface area contributed by atoms with Gasteiger partial charge in [0, 0.05) is 50.9 Å². The van der Waals surface area contributed by atoms with Crippen LogP contribution in [0.15, 0.2) is 200 Å². The second kappa shape index (κ2) is 16.5. The van der Waals surface area contributed by atoms with Gasteiger partial charge < -0.3 is 14.7 Å². The van der Waals surface area contributed by atoms with Crippen LogP contribution >= 0.6 is 0 Å². The molecule has 1 aliphatic carbocycles. The van der Waals surface area contributed by atoms with Gasteiger partial charge in [0.15, 0.2) is 0 Å². The summed E-state index contributed by atoms with van der Waals surface area (Å²) in [4.78, 5) is 8.15. The maximum Gasteiger partial charge on any atom is 0.253 e. The number of nitrogens with zero attached hydrogens (tertiary/aromatic N) is 3. The van der Waals surface area contributed by atoms with Gasteiger partial charge in [0.2, 0.25) is 0 Å². The van der Waals surface area contributed by atoms with Crippen LogP contribution in [-0.4, -0.2) is 12.3 Å². The van der Waals surface area contributed by atoms with Crippen LogP contribution in [0.1, 0.15) is 126 Å². The molecule has 4 heterocycles. The summed E-state index contributed by atoms with van der Waals surface area (Å²) in [6.07, 6.45) is 4.70. The monoisotopic (exact) mass is 986 g/mol. The molecule has 9 aromatic carbocycles. The Labute approximate surface area is 452 Å². The number of hydrogen-bond acceptors (Lipinski definition) is 3. The molecule has 0 amide bonds. The molecule has 4 aliphatic heterocycles. The van der Waals surface area contributed by atoms with E-state index in [9.17, 15) is 0 Å². The van der Waals surface area contributed by atoms with Crippen LogP contribution in [0.3, 0.4) is 0 Å². The summed E-state index contributed by atoms with van der Waals surface area (Å²) in [7, 11) is 0. The molecular formula is C72H68BN3. The van der Waals surface area contributed by atoms with Crippen LogP contribution in [0.25, 0.3) is 11.1 Å². The van der Waals surface area contributed by atoms with Gasteiger partial charge in [-0.25, -0.2) is 0 Å².